The van der Waals surface area contributed by atoms with Crippen molar-refractivity contribution in [3.8, 4) is 0 Å². The van der Waals surface area contributed by atoms with Crippen LogP contribution in [-0.4, -0.2) is 38.5 Å². The number of piperidine rings is 1. The predicted octanol–water partition coefficient (Wildman–Crippen LogP) is 1.51. The van der Waals surface area contributed by atoms with Crippen LogP contribution in [0.3, 0.4) is 0 Å². The quantitative estimate of drug-likeness (QED) is 0.884. The molecule has 6 heteroatoms. The van der Waals surface area contributed by atoms with E-state index in [1.807, 2.05) is 24.3 Å². The molecule has 2 saturated heterocycles. The molecule has 2 fully saturated rings. The van der Waals surface area contributed by atoms with Gasteiger partial charge in [-0.25, -0.2) is 13.6 Å². The summed E-state index contributed by atoms with van der Waals surface area (Å²) in [5.74, 6) is -0.106. The maximum Gasteiger partial charge on any atom is 0.213 e. The molecule has 3 N–H and O–H groups in total. The van der Waals surface area contributed by atoms with E-state index in [0.29, 0.717) is 18.1 Å². The summed E-state index contributed by atoms with van der Waals surface area (Å²) in [7, 11) is -1.22. The number of rotatable bonds is 4. The van der Waals surface area contributed by atoms with Gasteiger partial charge in [0.1, 0.15) is 0 Å². The third kappa shape index (κ3) is 3.56. The lowest BCUT2D eigenvalue weighted by Gasteiger charge is -2.37. The van der Waals surface area contributed by atoms with E-state index < -0.39 is 10.0 Å². The molecule has 116 valence electrons. The molecule has 5 nitrogen and oxygen atoms in total. The molecule has 1 aromatic rings. The fraction of sp³-hybridized carbons (Fsp3) is 0.600. The van der Waals surface area contributed by atoms with Crippen molar-refractivity contribution in [3.05, 3.63) is 29.8 Å². The highest BCUT2D eigenvalue weighted by Gasteiger charge is 2.38. The summed E-state index contributed by atoms with van der Waals surface area (Å²) in [5, 5.41) is 8.64. The number of fused-ring (bicyclic) bond motifs is 2. The first-order chi connectivity index (χ1) is 9.90. The standard InChI is InChI=1S/C15H23N3O2S/c1-18-14-6-7-15(18)9-13(8-14)17-12-4-2-11(3-5-12)10-21(16,19)20/h2-5,13-15,17H,6-10H2,1H3,(H2,16,19,20). The van der Waals surface area contributed by atoms with Crippen LogP contribution < -0.4 is 10.5 Å². The molecule has 2 heterocycles. The molecule has 2 unspecified atom stereocenters. The molecular formula is C15H23N3O2S. The van der Waals surface area contributed by atoms with Crippen molar-refractivity contribution in [2.24, 2.45) is 5.14 Å². The minimum absolute atomic E-state index is 0.106. The molecule has 21 heavy (non-hydrogen) atoms. The molecule has 1 aromatic carbocycles. The third-order valence-electron chi connectivity index (χ3n) is 4.79. The third-order valence-corrected chi connectivity index (χ3v) is 5.53. The van der Waals surface area contributed by atoms with Crippen LogP contribution in [0.4, 0.5) is 5.69 Å². The average Bonchev–Trinajstić information content (AvgIpc) is 2.62. The zero-order valence-electron chi connectivity index (χ0n) is 12.3. The van der Waals surface area contributed by atoms with E-state index in [1.165, 1.54) is 25.7 Å². The molecule has 2 aliphatic rings. The highest BCUT2D eigenvalue weighted by Crippen LogP contribution is 2.35. The Hall–Kier alpha value is -1.11. The van der Waals surface area contributed by atoms with E-state index in [9.17, 15) is 8.42 Å². The smallest absolute Gasteiger partial charge is 0.213 e. The van der Waals surface area contributed by atoms with Crippen LogP contribution >= 0.6 is 0 Å². The van der Waals surface area contributed by atoms with Crippen molar-refractivity contribution in [3.63, 3.8) is 0 Å². The first-order valence-corrected chi connectivity index (χ1v) is 9.20. The Morgan fingerprint density at radius 2 is 1.76 bits per heavy atom. The van der Waals surface area contributed by atoms with Crippen LogP contribution in [0.5, 0.6) is 0 Å². The number of nitrogens with zero attached hydrogens (tertiary/aromatic N) is 1. The highest BCUT2D eigenvalue weighted by atomic mass is 32.2. The Labute approximate surface area is 126 Å². The molecule has 0 saturated carbocycles. The summed E-state index contributed by atoms with van der Waals surface area (Å²) >= 11 is 0. The maximum absolute atomic E-state index is 11.1. The van der Waals surface area contributed by atoms with Crippen molar-refractivity contribution in [2.75, 3.05) is 12.4 Å². The lowest BCUT2D eigenvalue weighted by Crippen LogP contribution is -2.44. The molecular weight excluding hydrogens is 286 g/mol. The summed E-state index contributed by atoms with van der Waals surface area (Å²) in [6.07, 6.45) is 5.00. The first kappa shape index (κ1) is 14.8. The van der Waals surface area contributed by atoms with E-state index in [4.69, 9.17) is 5.14 Å². The summed E-state index contributed by atoms with van der Waals surface area (Å²) in [6, 6.07) is 9.49. The topological polar surface area (TPSA) is 75.4 Å². The number of hydrogen-bond acceptors (Lipinski definition) is 4. The number of nitrogens with two attached hydrogens (primary N) is 1. The second kappa shape index (κ2) is 5.59. The molecule has 2 bridgehead atoms. The van der Waals surface area contributed by atoms with Crippen molar-refractivity contribution in [1.29, 1.82) is 0 Å². The van der Waals surface area contributed by atoms with Gasteiger partial charge in [0.15, 0.2) is 0 Å². The van der Waals surface area contributed by atoms with Crippen LogP contribution in [0.25, 0.3) is 0 Å². The van der Waals surface area contributed by atoms with Crippen LogP contribution in [0.15, 0.2) is 24.3 Å². The van der Waals surface area contributed by atoms with Crippen molar-refractivity contribution in [1.82, 2.24) is 4.90 Å². The molecule has 0 spiro atoms. The molecule has 0 radical (unpaired) electrons. The Morgan fingerprint density at radius 1 is 1.19 bits per heavy atom. The number of benzene rings is 1. The molecule has 2 atom stereocenters. The summed E-state index contributed by atoms with van der Waals surface area (Å²) in [4.78, 5) is 2.52. The second-order valence-electron chi connectivity index (χ2n) is 6.37. The van der Waals surface area contributed by atoms with Gasteiger partial charge in [-0.1, -0.05) is 12.1 Å². The molecule has 0 aromatic heterocycles. The molecule has 0 aliphatic carbocycles. The Bertz CT molecular complexity index is 586. The van der Waals surface area contributed by atoms with Gasteiger partial charge in [0.05, 0.1) is 5.75 Å². The van der Waals surface area contributed by atoms with Gasteiger partial charge in [0, 0.05) is 23.8 Å². The number of hydrogen-bond donors (Lipinski definition) is 2. The molecule has 2 aliphatic heterocycles. The lowest BCUT2D eigenvalue weighted by atomic mass is 9.97. The monoisotopic (exact) mass is 309 g/mol. The normalized spacial score (nSPS) is 29.5. The zero-order chi connectivity index (χ0) is 15.0. The van der Waals surface area contributed by atoms with E-state index >= 15 is 0 Å². The number of sulfonamides is 1. The van der Waals surface area contributed by atoms with E-state index in [-0.39, 0.29) is 5.75 Å². The zero-order valence-corrected chi connectivity index (χ0v) is 13.1. The van der Waals surface area contributed by atoms with E-state index in [0.717, 1.165) is 11.3 Å². The highest BCUT2D eigenvalue weighted by molar-refractivity contribution is 7.88. The SMILES string of the molecule is CN1C2CCC1CC(Nc1ccc(CS(N)(=O)=O)cc1)C2. The van der Waals surface area contributed by atoms with Crippen LogP contribution in [0, 0.1) is 0 Å². The number of nitrogens with one attached hydrogen (secondary N) is 1. The average molecular weight is 309 g/mol. The van der Waals surface area contributed by atoms with Crippen molar-refractivity contribution < 1.29 is 8.42 Å². The predicted molar refractivity (Wildman–Crippen MR) is 84.5 cm³/mol. The lowest BCUT2D eigenvalue weighted by molar-refractivity contribution is 0.169. The first-order valence-electron chi connectivity index (χ1n) is 7.48. The Balaban J connectivity index is 1.61. The maximum atomic E-state index is 11.1. The van der Waals surface area contributed by atoms with Gasteiger partial charge >= 0.3 is 0 Å². The van der Waals surface area contributed by atoms with E-state index in [2.05, 4.69) is 17.3 Å². The summed E-state index contributed by atoms with van der Waals surface area (Å²) in [6.45, 7) is 0. The van der Waals surface area contributed by atoms with E-state index in [1.54, 1.807) is 0 Å². The molecule has 3 rings (SSSR count). The van der Waals surface area contributed by atoms with Crippen LogP contribution in [0.1, 0.15) is 31.2 Å². The Morgan fingerprint density at radius 3 is 2.29 bits per heavy atom. The van der Waals surface area contributed by atoms with Crippen LogP contribution in [-0.2, 0) is 15.8 Å². The fourth-order valence-electron chi connectivity index (χ4n) is 3.69. The summed E-state index contributed by atoms with van der Waals surface area (Å²) in [5.41, 5.74) is 1.79. The van der Waals surface area contributed by atoms with Gasteiger partial charge in [-0.15, -0.1) is 0 Å². The van der Waals surface area contributed by atoms with Gasteiger partial charge in [-0.3, -0.25) is 0 Å². The number of anilines is 1. The molecule has 0 amide bonds. The largest absolute Gasteiger partial charge is 0.382 e. The number of primary sulfonamides is 1. The summed E-state index contributed by atoms with van der Waals surface area (Å²) < 4.78 is 22.1. The van der Waals surface area contributed by atoms with Gasteiger partial charge in [0.2, 0.25) is 10.0 Å². The fourth-order valence-corrected chi connectivity index (χ4v) is 4.35. The van der Waals surface area contributed by atoms with Crippen molar-refractivity contribution in [2.45, 2.75) is 49.6 Å². The van der Waals surface area contributed by atoms with Crippen molar-refractivity contribution >= 4 is 15.7 Å². The van der Waals surface area contributed by atoms with Gasteiger partial charge in [-0.2, -0.15) is 0 Å². The van der Waals surface area contributed by atoms with Crippen LogP contribution in [0.2, 0.25) is 0 Å². The van der Waals surface area contributed by atoms with Gasteiger partial charge in [-0.05, 0) is 50.4 Å². The van der Waals surface area contributed by atoms with Gasteiger partial charge in [0.25, 0.3) is 0 Å². The second-order valence-corrected chi connectivity index (χ2v) is 7.98. The van der Waals surface area contributed by atoms with Gasteiger partial charge < -0.3 is 10.2 Å². The minimum Gasteiger partial charge on any atom is -0.382 e. The Kier molecular flexibility index (Phi) is 3.94. The minimum atomic E-state index is -3.46.